The molecule has 4 nitrogen and oxygen atoms in total. The minimum Gasteiger partial charge on any atom is -0.490 e. The van der Waals surface area contributed by atoms with Gasteiger partial charge in [-0.1, -0.05) is 40.9 Å². The van der Waals surface area contributed by atoms with Crippen molar-refractivity contribution >= 4 is 46.6 Å². The van der Waals surface area contributed by atoms with E-state index in [1.807, 2.05) is 0 Å². The van der Waals surface area contributed by atoms with E-state index >= 15 is 0 Å². The third-order valence-corrected chi connectivity index (χ3v) is 3.47. The molecule has 1 amide bonds. The normalized spacial score (nSPS) is 10.1. The highest BCUT2D eigenvalue weighted by Gasteiger charge is 2.10. The first-order valence-corrected chi connectivity index (χ1v) is 7.46. The minimum absolute atomic E-state index is 0.0799. The van der Waals surface area contributed by atoms with Crippen LogP contribution < -0.4 is 10.1 Å². The summed E-state index contributed by atoms with van der Waals surface area (Å²) in [6, 6.07) is 11.8. The number of amides is 1. The number of hydrogen-bond donors (Lipinski definition) is 1. The Morgan fingerprint density at radius 3 is 2.23 bits per heavy atom. The van der Waals surface area contributed by atoms with Crippen LogP contribution >= 0.6 is 34.8 Å². The monoisotopic (exact) mass is 359 g/mol. The Balaban J connectivity index is 1.75. The molecule has 0 fully saturated rings. The van der Waals surface area contributed by atoms with Gasteiger partial charge in [-0.05, 0) is 36.4 Å². The van der Waals surface area contributed by atoms with Crippen molar-refractivity contribution in [1.82, 2.24) is 0 Å². The summed E-state index contributed by atoms with van der Waals surface area (Å²) in [7, 11) is 0. The average molecular weight is 361 g/mol. The maximum atomic E-state index is 11.6. The van der Waals surface area contributed by atoms with Crippen LogP contribution in [-0.2, 0) is 4.74 Å². The molecule has 0 unspecified atom stereocenters. The van der Waals surface area contributed by atoms with E-state index in [4.69, 9.17) is 44.3 Å². The molecule has 22 heavy (non-hydrogen) atoms. The van der Waals surface area contributed by atoms with Crippen molar-refractivity contribution in [3.63, 3.8) is 0 Å². The van der Waals surface area contributed by atoms with E-state index in [1.54, 1.807) is 42.5 Å². The van der Waals surface area contributed by atoms with Gasteiger partial charge in [-0.25, -0.2) is 4.79 Å². The predicted molar refractivity (Wildman–Crippen MR) is 88.4 cm³/mol. The summed E-state index contributed by atoms with van der Waals surface area (Å²) in [5.41, 5.74) is 0.314. The van der Waals surface area contributed by atoms with E-state index in [0.717, 1.165) is 0 Å². The Kier molecular flexibility index (Phi) is 6.19. The molecular weight excluding hydrogens is 349 g/mol. The second kappa shape index (κ2) is 8.13. The number of ether oxygens (including phenoxy) is 2. The van der Waals surface area contributed by atoms with Gasteiger partial charge in [0.2, 0.25) is 0 Å². The number of benzene rings is 2. The third-order valence-electron chi connectivity index (χ3n) is 2.59. The fourth-order valence-corrected chi connectivity index (χ4v) is 2.20. The maximum Gasteiger partial charge on any atom is 0.411 e. The largest absolute Gasteiger partial charge is 0.490 e. The van der Waals surface area contributed by atoms with Gasteiger partial charge < -0.3 is 9.47 Å². The van der Waals surface area contributed by atoms with Crippen molar-refractivity contribution < 1.29 is 14.3 Å². The van der Waals surface area contributed by atoms with Crippen LogP contribution in [0.3, 0.4) is 0 Å². The van der Waals surface area contributed by atoms with E-state index in [0.29, 0.717) is 26.5 Å². The van der Waals surface area contributed by atoms with Crippen LogP contribution in [-0.4, -0.2) is 19.3 Å². The lowest BCUT2D eigenvalue weighted by Crippen LogP contribution is -2.18. The van der Waals surface area contributed by atoms with Crippen LogP contribution in [0, 0.1) is 0 Å². The molecular formula is C15H12Cl3NO3. The molecule has 116 valence electrons. The van der Waals surface area contributed by atoms with E-state index < -0.39 is 6.09 Å². The van der Waals surface area contributed by atoms with Gasteiger partial charge in [0.25, 0.3) is 0 Å². The summed E-state index contributed by atoms with van der Waals surface area (Å²) in [4.78, 5) is 11.6. The Morgan fingerprint density at radius 1 is 0.955 bits per heavy atom. The van der Waals surface area contributed by atoms with Crippen LogP contribution in [0.5, 0.6) is 5.75 Å². The Labute approximate surface area is 142 Å². The van der Waals surface area contributed by atoms with Crippen molar-refractivity contribution in [3.05, 3.63) is 57.5 Å². The number of hydrogen-bond acceptors (Lipinski definition) is 3. The van der Waals surface area contributed by atoms with Crippen LogP contribution in [0.15, 0.2) is 42.5 Å². The Bertz CT molecular complexity index is 627. The van der Waals surface area contributed by atoms with Crippen molar-refractivity contribution in [2.75, 3.05) is 18.5 Å². The van der Waals surface area contributed by atoms with Gasteiger partial charge in [0, 0.05) is 5.02 Å². The molecule has 0 saturated carbocycles. The third kappa shape index (κ3) is 4.98. The van der Waals surface area contributed by atoms with Crippen LogP contribution in [0.1, 0.15) is 0 Å². The first-order valence-electron chi connectivity index (χ1n) is 6.32. The van der Waals surface area contributed by atoms with Crippen LogP contribution in [0.2, 0.25) is 15.1 Å². The molecule has 0 aliphatic carbocycles. The van der Waals surface area contributed by atoms with E-state index in [9.17, 15) is 4.79 Å². The summed E-state index contributed by atoms with van der Waals surface area (Å²) < 4.78 is 10.4. The molecule has 0 aliphatic rings. The van der Waals surface area contributed by atoms with Crippen molar-refractivity contribution in [2.24, 2.45) is 0 Å². The number of carbonyl (C=O) groups excluding carboxylic acids is 1. The molecule has 0 spiro atoms. The predicted octanol–water partition coefficient (Wildman–Crippen LogP) is 5.27. The zero-order valence-electron chi connectivity index (χ0n) is 11.3. The standard InChI is InChI=1S/C15H12Cl3NO3/c16-10-4-6-11(7-5-10)21-8-9-22-15(20)19-14-12(17)2-1-3-13(14)18/h1-7H,8-9H2,(H,19,20). The quantitative estimate of drug-likeness (QED) is 0.738. The average Bonchev–Trinajstić information content (AvgIpc) is 2.49. The molecule has 0 aromatic heterocycles. The molecule has 2 rings (SSSR count). The highest BCUT2D eigenvalue weighted by Crippen LogP contribution is 2.29. The lowest BCUT2D eigenvalue weighted by molar-refractivity contribution is 0.138. The van der Waals surface area contributed by atoms with Crippen LogP contribution in [0.25, 0.3) is 0 Å². The zero-order valence-corrected chi connectivity index (χ0v) is 13.6. The molecule has 7 heteroatoms. The number of carbonyl (C=O) groups is 1. The molecule has 0 atom stereocenters. The van der Waals surface area contributed by atoms with Gasteiger partial charge in [0.05, 0.1) is 15.7 Å². The molecule has 0 radical (unpaired) electrons. The van der Waals surface area contributed by atoms with Gasteiger partial charge in [-0.2, -0.15) is 0 Å². The summed E-state index contributed by atoms with van der Waals surface area (Å²) in [5.74, 6) is 0.641. The van der Waals surface area contributed by atoms with Gasteiger partial charge in [-0.15, -0.1) is 0 Å². The van der Waals surface area contributed by atoms with E-state index in [2.05, 4.69) is 5.32 Å². The molecule has 0 aliphatic heterocycles. The van der Waals surface area contributed by atoms with Crippen molar-refractivity contribution in [2.45, 2.75) is 0 Å². The molecule has 0 bridgehead atoms. The summed E-state index contributed by atoms with van der Waals surface area (Å²) in [5, 5.41) is 3.78. The van der Waals surface area contributed by atoms with Gasteiger partial charge in [-0.3, -0.25) is 5.32 Å². The lowest BCUT2D eigenvalue weighted by atomic mass is 10.3. The smallest absolute Gasteiger partial charge is 0.411 e. The summed E-state index contributed by atoms with van der Waals surface area (Å²) >= 11 is 17.6. The molecule has 1 N–H and O–H groups in total. The summed E-state index contributed by atoms with van der Waals surface area (Å²) in [6.45, 7) is 0.293. The lowest BCUT2D eigenvalue weighted by Gasteiger charge is -2.10. The topological polar surface area (TPSA) is 47.6 Å². The first-order chi connectivity index (χ1) is 10.6. The minimum atomic E-state index is -0.658. The van der Waals surface area contributed by atoms with Gasteiger partial charge >= 0.3 is 6.09 Å². The number of rotatable bonds is 5. The van der Waals surface area contributed by atoms with Crippen molar-refractivity contribution in [1.29, 1.82) is 0 Å². The fraction of sp³-hybridized carbons (Fsp3) is 0.133. The van der Waals surface area contributed by atoms with E-state index in [-0.39, 0.29) is 13.2 Å². The van der Waals surface area contributed by atoms with Crippen molar-refractivity contribution in [3.8, 4) is 5.75 Å². The SMILES string of the molecule is O=C(Nc1c(Cl)cccc1Cl)OCCOc1ccc(Cl)cc1. The molecule has 2 aromatic carbocycles. The van der Waals surface area contributed by atoms with Gasteiger partial charge in [0.15, 0.2) is 0 Å². The second-order valence-corrected chi connectivity index (χ2v) is 5.41. The molecule has 0 saturated heterocycles. The highest BCUT2D eigenvalue weighted by molar-refractivity contribution is 6.39. The van der Waals surface area contributed by atoms with E-state index in [1.165, 1.54) is 0 Å². The maximum absolute atomic E-state index is 11.6. The number of halogens is 3. The summed E-state index contributed by atoms with van der Waals surface area (Å²) in [6.07, 6.45) is -0.658. The van der Waals surface area contributed by atoms with Gasteiger partial charge in [0.1, 0.15) is 19.0 Å². The number of anilines is 1. The number of nitrogens with one attached hydrogen (secondary N) is 1. The second-order valence-electron chi connectivity index (χ2n) is 4.16. The molecule has 2 aromatic rings. The number of para-hydroxylation sites is 1. The Hall–Kier alpha value is -1.62. The van der Waals surface area contributed by atoms with Crippen LogP contribution in [0.4, 0.5) is 10.5 Å². The molecule has 0 heterocycles. The fourth-order valence-electron chi connectivity index (χ4n) is 1.58. The Morgan fingerprint density at radius 2 is 1.59 bits per heavy atom. The zero-order chi connectivity index (χ0) is 15.9. The highest BCUT2D eigenvalue weighted by atomic mass is 35.5. The first kappa shape index (κ1) is 16.7.